The molecular formula is C23H21FN2O3S. The number of hydrogen-bond acceptors (Lipinski definition) is 3. The molecule has 1 heterocycles. The van der Waals surface area contributed by atoms with Gasteiger partial charge in [0.25, 0.3) is 15.9 Å². The molecule has 0 saturated heterocycles. The molecule has 3 aromatic carbocycles. The Labute approximate surface area is 175 Å². The molecule has 0 aliphatic carbocycles. The normalized spacial score (nSPS) is 13.2. The number of carbonyl (C=O) groups excluding carboxylic acids is 1. The van der Waals surface area contributed by atoms with Gasteiger partial charge in [0.05, 0.1) is 10.6 Å². The second kappa shape index (κ2) is 7.91. The van der Waals surface area contributed by atoms with Crippen LogP contribution >= 0.6 is 0 Å². The Balaban J connectivity index is 1.58. The molecule has 0 bridgehead atoms. The van der Waals surface area contributed by atoms with E-state index in [1.807, 2.05) is 18.2 Å². The number of sulfonamides is 1. The van der Waals surface area contributed by atoms with E-state index < -0.39 is 10.0 Å². The minimum absolute atomic E-state index is 0.0836. The van der Waals surface area contributed by atoms with E-state index >= 15 is 0 Å². The van der Waals surface area contributed by atoms with Gasteiger partial charge >= 0.3 is 0 Å². The van der Waals surface area contributed by atoms with E-state index in [1.165, 1.54) is 33.5 Å². The quantitative estimate of drug-likeness (QED) is 0.625. The monoisotopic (exact) mass is 424 g/mol. The Morgan fingerprint density at radius 1 is 1.03 bits per heavy atom. The largest absolute Gasteiger partial charge is 0.337 e. The zero-order valence-electron chi connectivity index (χ0n) is 16.5. The predicted octanol–water partition coefficient (Wildman–Crippen LogP) is 3.85. The van der Waals surface area contributed by atoms with E-state index in [0.717, 1.165) is 11.1 Å². The highest BCUT2D eigenvalue weighted by molar-refractivity contribution is 7.92. The van der Waals surface area contributed by atoms with Crippen molar-refractivity contribution in [3.8, 4) is 0 Å². The van der Waals surface area contributed by atoms with E-state index in [9.17, 15) is 17.6 Å². The second-order valence-corrected chi connectivity index (χ2v) is 9.13. The molecule has 3 aromatic rings. The van der Waals surface area contributed by atoms with E-state index in [2.05, 4.69) is 0 Å². The number of anilines is 1. The lowest BCUT2D eigenvalue weighted by atomic mass is 10.1. The highest BCUT2D eigenvalue weighted by Gasteiger charge is 2.31. The average Bonchev–Trinajstić information content (AvgIpc) is 3.20. The van der Waals surface area contributed by atoms with Crippen LogP contribution in [-0.4, -0.2) is 32.8 Å². The summed E-state index contributed by atoms with van der Waals surface area (Å²) >= 11 is 0. The summed E-state index contributed by atoms with van der Waals surface area (Å²) in [5.41, 5.74) is 2.74. The highest BCUT2D eigenvalue weighted by Crippen LogP contribution is 2.32. The van der Waals surface area contributed by atoms with Gasteiger partial charge in [-0.05, 0) is 53.9 Å². The minimum Gasteiger partial charge on any atom is -0.337 e. The summed E-state index contributed by atoms with van der Waals surface area (Å²) in [7, 11) is -2.15. The van der Waals surface area contributed by atoms with Crippen LogP contribution in [-0.2, 0) is 23.0 Å². The van der Waals surface area contributed by atoms with Crippen molar-refractivity contribution in [2.45, 2.75) is 17.9 Å². The number of benzene rings is 3. The Morgan fingerprint density at radius 2 is 1.77 bits per heavy atom. The number of carbonyl (C=O) groups is 1. The lowest BCUT2D eigenvalue weighted by Crippen LogP contribution is -2.30. The molecule has 1 aliphatic heterocycles. The summed E-state index contributed by atoms with van der Waals surface area (Å²) in [4.78, 5) is 14.4. The third-order valence-electron chi connectivity index (χ3n) is 5.19. The van der Waals surface area contributed by atoms with Gasteiger partial charge in [0.15, 0.2) is 0 Å². The minimum atomic E-state index is -3.78. The van der Waals surface area contributed by atoms with Gasteiger partial charge in [-0.3, -0.25) is 9.10 Å². The molecule has 0 saturated carbocycles. The van der Waals surface area contributed by atoms with Crippen molar-refractivity contribution in [3.05, 3.63) is 95.3 Å². The van der Waals surface area contributed by atoms with Gasteiger partial charge in [-0.25, -0.2) is 12.8 Å². The number of halogens is 1. The molecule has 154 valence electrons. The SMILES string of the molecule is CN(Cc1ccc(F)cc1)C(=O)c1cccc(S(=O)(=O)N2CCc3ccccc32)c1. The summed E-state index contributed by atoms with van der Waals surface area (Å²) in [6.45, 7) is 0.667. The van der Waals surface area contributed by atoms with Crippen molar-refractivity contribution in [3.63, 3.8) is 0 Å². The number of nitrogens with zero attached hydrogens (tertiary/aromatic N) is 2. The van der Waals surface area contributed by atoms with Crippen molar-refractivity contribution in [1.29, 1.82) is 0 Å². The molecule has 0 fully saturated rings. The fourth-order valence-electron chi connectivity index (χ4n) is 3.63. The number of fused-ring (bicyclic) bond motifs is 1. The van der Waals surface area contributed by atoms with Crippen LogP contribution in [0.4, 0.5) is 10.1 Å². The molecule has 0 unspecified atom stereocenters. The molecule has 0 aromatic heterocycles. The van der Waals surface area contributed by atoms with Crippen LogP contribution in [0.5, 0.6) is 0 Å². The molecule has 0 radical (unpaired) electrons. The van der Waals surface area contributed by atoms with Gasteiger partial charge in [0.1, 0.15) is 5.82 Å². The summed E-state index contributed by atoms with van der Waals surface area (Å²) < 4.78 is 40.9. The van der Waals surface area contributed by atoms with Crippen molar-refractivity contribution in [2.24, 2.45) is 0 Å². The highest BCUT2D eigenvalue weighted by atomic mass is 32.2. The Kier molecular flexibility index (Phi) is 5.30. The zero-order chi connectivity index (χ0) is 21.3. The first-order valence-corrected chi connectivity index (χ1v) is 11.0. The number of para-hydroxylation sites is 1. The van der Waals surface area contributed by atoms with Gasteiger partial charge in [0, 0.05) is 25.7 Å². The van der Waals surface area contributed by atoms with E-state index in [-0.39, 0.29) is 28.7 Å². The van der Waals surface area contributed by atoms with Crippen molar-refractivity contribution in [2.75, 3.05) is 17.9 Å². The molecule has 0 atom stereocenters. The lowest BCUT2D eigenvalue weighted by molar-refractivity contribution is 0.0785. The topological polar surface area (TPSA) is 57.7 Å². The lowest BCUT2D eigenvalue weighted by Gasteiger charge is -2.21. The maximum absolute atomic E-state index is 13.2. The fourth-order valence-corrected chi connectivity index (χ4v) is 5.18. The second-order valence-electron chi connectivity index (χ2n) is 7.27. The molecular weight excluding hydrogens is 403 g/mol. The van der Waals surface area contributed by atoms with Gasteiger partial charge in [-0.1, -0.05) is 36.4 Å². The first-order valence-electron chi connectivity index (χ1n) is 9.57. The Morgan fingerprint density at radius 3 is 2.53 bits per heavy atom. The van der Waals surface area contributed by atoms with Crippen LogP contribution in [0.25, 0.3) is 0 Å². The summed E-state index contributed by atoms with van der Waals surface area (Å²) in [5.74, 6) is -0.646. The predicted molar refractivity (Wildman–Crippen MR) is 113 cm³/mol. The van der Waals surface area contributed by atoms with E-state index in [4.69, 9.17) is 0 Å². The van der Waals surface area contributed by atoms with Crippen LogP contribution in [0.1, 0.15) is 21.5 Å². The number of hydrogen-bond donors (Lipinski definition) is 0. The molecule has 7 heteroatoms. The molecule has 1 amide bonds. The Bertz CT molecular complexity index is 1190. The van der Waals surface area contributed by atoms with Crippen molar-refractivity contribution < 1.29 is 17.6 Å². The summed E-state index contributed by atoms with van der Waals surface area (Å²) in [6.07, 6.45) is 0.661. The fraction of sp³-hybridized carbons (Fsp3) is 0.174. The smallest absolute Gasteiger partial charge is 0.264 e. The van der Waals surface area contributed by atoms with Crippen LogP contribution < -0.4 is 4.31 Å². The maximum Gasteiger partial charge on any atom is 0.264 e. The molecule has 0 spiro atoms. The molecule has 4 rings (SSSR count). The molecule has 0 N–H and O–H groups in total. The Hall–Kier alpha value is -3.19. The standard InChI is InChI=1S/C23H21FN2O3S/c1-25(16-17-9-11-20(24)12-10-17)23(27)19-6-4-7-21(15-19)30(28,29)26-14-13-18-5-2-3-8-22(18)26/h2-12,15H,13-14,16H2,1H3. The average molecular weight is 424 g/mol. The van der Waals surface area contributed by atoms with Gasteiger partial charge in [0.2, 0.25) is 0 Å². The third kappa shape index (κ3) is 3.80. The number of rotatable bonds is 5. The molecule has 5 nitrogen and oxygen atoms in total. The van der Waals surface area contributed by atoms with E-state index in [0.29, 0.717) is 18.7 Å². The first-order chi connectivity index (χ1) is 14.4. The van der Waals surface area contributed by atoms with Gasteiger partial charge in [-0.15, -0.1) is 0 Å². The number of amides is 1. The van der Waals surface area contributed by atoms with Crippen LogP contribution in [0.2, 0.25) is 0 Å². The van der Waals surface area contributed by atoms with Crippen LogP contribution in [0.15, 0.2) is 77.7 Å². The summed E-state index contributed by atoms with van der Waals surface area (Å²) in [5, 5.41) is 0. The van der Waals surface area contributed by atoms with Crippen molar-refractivity contribution >= 4 is 21.6 Å². The first kappa shape index (κ1) is 20.1. The third-order valence-corrected chi connectivity index (χ3v) is 7.00. The van der Waals surface area contributed by atoms with Crippen molar-refractivity contribution in [1.82, 2.24) is 4.90 Å². The van der Waals surface area contributed by atoms with Crippen LogP contribution in [0.3, 0.4) is 0 Å². The summed E-state index contributed by atoms with van der Waals surface area (Å²) in [6, 6.07) is 19.4. The van der Waals surface area contributed by atoms with E-state index in [1.54, 1.807) is 37.4 Å². The van der Waals surface area contributed by atoms with Crippen LogP contribution in [0, 0.1) is 5.82 Å². The maximum atomic E-state index is 13.2. The van der Waals surface area contributed by atoms with Gasteiger partial charge < -0.3 is 4.90 Å². The van der Waals surface area contributed by atoms with Gasteiger partial charge in [-0.2, -0.15) is 0 Å². The molecule has 1 aliphatic rings. The zero-order valence-corrected chi connectivity index (χ0v) is 17.3. The molecule has 30 heavy (non-hydrogen) atoms.